The third kappa shape index (κ3) is 2.55. The number of carbonyl (C=O) groups is 1. The molecule has 0 bridgehead atoms. The lowest BCUT2D eigenvalue weighted by molar-refractivity contribution is -0.121. The molecule has 1 aromatic rings. The summed E-state index contributed by atoms with van der Waals surface area (Å²) in [6.45, 7) is 0. The quantitative estimate of drug-likeness (QED) is 0.784. The fraction of sp³-hybridized carbons (Fsp3) is 0.600. The molecule has 1 fully saturated rings. The average Bonchev–Trinajstić information content (AvgIpc) is 2.70. The Morgan fingerprint density at radius 2 is 2.47 bits per heavy atom. The molecular weight excluding hydrogens is 197 g/mol. The van der Waals surface area contributed by atoms with Crippen LogP contribution < -0.4 is 5.32 Å². The van der Waals surface area contributed by atoms with Gasteiger partial charge in [0.15, 0.2) is 0 Å². The number of alkyl halides is 1. The summed E-state index contributed by atoms with van der Waals surface area (Å²) in [7, 11) is 0. The molecule has 82 valence electrons. The number of carbonyl (C=O) groups excluding carboxylic acids is 1. The molecule has 1 amide bonds. The third-order valence-corrected chi connectivity index (χ3v) is 2.75. The molecule has 2 atom stereocenters. The lowest BCUT2D eigenvalue weighted by Crippen LogP contribution is -2.28. The largest absolute Gasteiger partial charge is 0.323 e. The fourth-order valence-corrected chi connectivity index (χ4v) is 1.93. The van der Waals surface area contributed by atoms with Gasteiger partial charge in [-0.15, -0.1) is 0 Å². The Kier molecular flexibility index (Phi) is 2.99. The predicted molar refractivity (Wildman–Crippen MR) is 54.1 cm³/mol. The van der Waals surface area contributed by atoms with Crippen LogP contribution in [0.2, 0.25) is 0 Å². The van der Waals surface area contributed by atoms with E-state index < -0.39 is 6.17 Å². The van der Waals surface area contributed by atoms with Crippen LogP contribution in [0.1, 0.15) is 25.7 Å². The van der Waals surface area contributed by atoms with Crippen LogP contribution in [0.15, 0.2) is 12.4 Å². The molecular formula is C10H14FN3O. The van der Waals surface area contributed by atoms with E-state index in [4.69, 9.17) is 0 Å². The molecule has 0 aliphatic heterocycles. The maximum Gasteiger partial charge on any atom is 0.227 e. The first-order valence-corrected chi connectivity index (χ1v) is 5.19. The molecule has 2 unspecified atom stereocenters. The van der Waals surface area contributed by atoms with E-state index in [1.165, 1.54) is 6.20 Å². The Bertz CT molecular complexity index is 325. The van der Waals surface area contributed by atoms with Crippen LogP contribution in [-0.2, 0) is 4.79 Å². The number of nitrogens with one attached hydrogen (secondary N) is 2. The smallest absolute Gasteiger partial charge is 0.227 e. The van der Waals surface area contributed by atoms with Gasteiger partial charge in [-0.05, 0) is 25.7 Å². The van der Waals surface area contributed by atoms with Gasteiger partial charge >= 0.3 is 0 Å². The topological polar surface area (TPSA) is 57.8 Å². The molecule has 0 aromatic carbocycles. The van der Waals surface area contributed by atoms with Gasteiger partial charge in [0.1, 0.15) is 6.17 Å². The highest BCUT2D eigenvalue weighted by Gasteiger charge is 2.27. The number of amides is 1. The minimum absolute atomic E-state index is 0.0984. The highest BCUT2D eigenvalue weighted by molar-refractivity contribution is 5.92. The zero-order valence-electron chi connectivity index (χ0n) is 8.37. The van der Waals surface area contributed by atoms with Crippen LogP contribution in [0.25, 0.3) is 0 Å². The van der Waals surface area contributed by atoms with Crippen LogP contribution in [-0.4, -0.2) is 22.3 Å². The third-order valence-electron chi connectivity index (χ3n) is 2.75. The average molecular weight is 211 g/mol. The van der Waals surface area contributed by atoms with E-state index in [-0.39, 0.29) is 11.8 Å². The zero-order valence-corrected chi connectivity index (χ0v) is 8.37. The summed E-state index contributed by atoms with van der Waals surface area (Å²) in [6.07, 6.45) is 4.84. The van der Waals surface area contributed by atoms with Gasteiger partial charge in [0.2, 0.25) is 5.91 Å². The van der Waals surface area contributed by atoms with Crippen LogP contribution in [0.5, 0.6) is 0 Å². The lowest BCUT2D eigenvalue weighted by atomic mass is 9.87. The standard InChI is InChI=1S/C10H14FN3O/c11-8-3-1-2-7(4-8)10(15)14-9-5-12-13-6-9/h5-8H,1-4H2,(H,12,13)(H,14,15). The molecule has 1 aliphatic carbocycles. The second-order valence-corrected chi connectivity index (χ2v) is 3.94. The molecule has 15 heavy (non-hydrogen) atoms. The van der Waals surface area contributed by atoms with Crippen LogP contribution in [0.3, 0.4) is 0 Å². The van der Waals surface area contributed by atoms with Gasteiger partial charge < -0.3 is 5.32 Å². The number of nitrogens with zero attached hydrogens (tertiary/aromatic N) is 1. The number of aromatic nitrogens is 2. The van der Waals surface area contributed by atoms with Crippen LogP contribution in [0, 0.1) is 5.92 Å². The van der Waals surface area contributed by atoms with Crippen molar-refractivity contribution in [1.29, 1.82) is 0 Å². The molecule has 1 aliphatic rings. The summed E-state index contributed by atoms with van der Waals surface area (Å²) >= 11 is 0. The predicted octanol–water partition coefficient (Wildman–Crippen LogP) is 1.88. The monoisotopic (exact) mass is 211 g/mol. The second kappa shape index (κ2) is 4.42. The molecule has 1 aromatic heterocycles. The van der Waals surface area contributed by atoms with E-state index in [2.05, 4.69) is 15.5 Å². The van der Waals surface area contributed by atoms with Gasteiger partial charge in [-0.1, -0.05) is 0 Å². The molecule has 5 heteroatoms. The first-order valence-electron chi connectivity index (χ1n) is 5.19. The molecule has 1 saturated carbocycles. The van der Waals surface area contributed by atoms with Crippen molar-refractivity contribution in [2.75, 3.05) is 5.32 Å². The van der Waals surface area contributed by atoms with Crippen molar-refractivity contribution in [3.8, 4) is 0 Å². The Labute approximate surface area is 87.3 Å². The van der Waals surface area contributed by atoms with Gasteiger partial charge in [-0.2, -0.15) is 5.10 Å². The number of halogens is 1. The van der Waals surface area contributed by atoms with Gasteiger partial charge in [0.05, 0.1) is 11.9 Å². The molecule has 2 N–H and O–H groups in total. The maximum absolute atomic E-state index is 13.1. The minimum Gasteiger partial charge on any atom is -0.323 e. The van der Waals surface area contributed by atoms with E-state index in [1.54, 1.807) is 6.20 Å². The van der Waals surface area contributed by atoms with E-state index in [0.29, 0.717) is 18.5 Å². The molecule has 0 radical (unpaired) electrons. The number of aromatic amines is 1. The summed E-state index contributed by atoms with van der Waals surface area (Å²) in [5.74, 6) is -0.289. The second-order valence-electron chi connectivity index (χ2n) is 3.94. The van der Waals surface area contributed by atoms with Crippen molar-refractivity contribution in [2.45, 2.75) is 31.9 Å². The summed E-state index contributed by atoms with van der Waals surface area (Å²) in [5, 5.41) is 9.04. The maximum atomic E-state index is 13.1. The van der Waals surface area contributed by atoms with Crippen molar-refractivity contribution >= 4 is 11.6 Å². The Hall–Kier alpha value is -1.39. The Morgan fingerprint density at radius 3 is 3.13 bits per heavy atom. The summed E-state index contributed by atoms with van der Waals surface area (Å²) < 4.78 is 13.1. The van der Waals surface area contributed by atoms with Crippen molar-refractivity contribution in [3.05, 3.63) is 12.4 Å². The van der Waals surface area contributed by atoms with Crippen molar-refractivity contribution < 1.29 is 9.18 Å². The van der Waals surface area contributed by atoms with E-state index >= 15 is 0 Å². The molecule has 4 nitrogen and oxygen atoms in total. The number of hydrogen-bond acceptors (Lipinski definition) is 2. The first kappa shape index (κ1) is 10.1. The van der Waals surface area contributed by atoms with Crippen molar-refractivity contribution in [1.82, 2.24) is 10.2 Å². The number of rotatable bonds is 2. The molecule has 0 saturated heterocycles. The van der Waals surface area contributed by atoms with Crippen molar-refractivity contribution in [2.24, 2.45) is 5.92 Å². The number of hydrogen-bond donors (Lipinski definition) is 2. The van der Waals surface area contributed by atoms with E-state index in [0.717, 1.165) is 12.8 Å². The SMILES string of the molecule is O=C(Nc1cn[nH]c1)C1CCCC(F)C1. The molecule has 2 rings (SSSR count). The van der Waals surface area contributed by atoms with Gasteiger partial charge in [-0.25, -0.2) is 4.39 Å². The lowest BCUT2D eigenvalue weighted by Gasteiger charge is -2.23. The van der Waals surface area contributed by atoms with Crippen LogP contribution >= 0.6 is 0 Å². The normalized spacial score (nSPS) is 26.2. The Morgan fingerprint density at radius 1 is 1.60 bits per heavy atom. The van der Waals surface area contributed by atoms with Gasteiger partial charge in [0.25, 0.3) is 0 Å². The Balaban J connectivity index is 1.90. The molecule has 0 spiro atoms. The summed E-state index contributed by atoms with van der Waals surface area (Å²) in [4.78, 5) is 11.7. The van der Waals surface area contributed by atoms with Gasteiger partial charge in [0, 0.05) is 12.1 Å². The summed E-state index contributed by atoms with van der Waals surface area (Å²) in [5.41, 5.74) is 0.640. The zero-order chi connectivity index (χ0) is 10.7. The van der Waals surface area contributed by atoms with E-state index in [9.17, 15) is 9.18 Å². The summed E-state index contributed by atoms with van der Waals surface area (Å²) in [6, 6.07) is 0. The fourth-order valence-electron chi connectivity index (χ4n) is 1.93. The van der Waals surface area contributed by atoms with Gasteiger partial charge in [-0.3, -0.25) is 9.89 Å². The number of anilines is 1. The molecule has 1 heterocycles. The van der Waals surface area contributed by atoms with Crippen molar-refractivity contribution in [3.63, 3.8) is 0 Å². The number of H-pyrrole nitrogens is 1. The highest BCUT2D eigenvalue weighted by atomic mass is 19.1. The first-order chi connectivity index (χ1) is 7.25. The van der Waals surface area contributed by atoms with E-state index in [1.807, 2.05) is 0 Å². The highest BCUT2D eigenvalue weighted by Crippen LogP contribution is 2.27. The van der Waals surface area contributed by atoms with Crippen LogP contribution in [0.4, 0.5) is 10.1 Å². The minimum atomic E-state index is -0.821.